The summed E-state index contributed by atoms with van der Waals surface area (Å²) in [5, 5.41) is 2.59. The summed E-state index contributed by atoms with van der Waals surface area (Å²) in [6, 6.07) is 2.61. The highest BCUT2D eigenvalue weighted by Gasteiger charge is 2.21. The molecule has 1 aromatic rings. The molecule has 21 heavy (non-hydrogen) atoms. The molecular formula is C16H22F2N2O. The van der Waals surface area contributed by atoms with E-state index >= 15 is 0 Å². The first-order valence-corrected chi connectivity index (χ1v) is 7.53. The van der Waals surface area contributed by atoms with Crippen LogP contribution in [0.4, 0.5) is 8.78 Å². The van der Waals surface area contributed by atoms with Crippen LogP contribution >= 0.6 is 0 Å². The number of amides is 1. The lowest BCUT2D eigenvalue weighted by atomic mass is 9.85. The fourth-order valence-corrected chi connectivity index (χ4v) is 2.88. The van der Waals surface area contributed by atoms with E-state index < -0.39 is 17.7 Å². The monoisotopic (exact) mass is 296 g/mol. The first-order chi connectivity index (χ1) is 10.1. The van der Waals surface area contributed by atoms with Gasteiger partial charge in [-0.1, -0.05) is 32.1 Å². The second-order valence-electron chi connectivity index (χ2n) is 5.80. The number of nitrogens with two attached hydrogens (primary N) is 1. The van der Waals surface area contributed by atoms with Gasteiger partial charge >= 0.3 is 0 Å². The standard InChI is InChI=1S/C16H22F2N2O/c17-13-6-7-14(18)12(9-13)10-20-16(21)15(19)8-11-4-2-1-3-5-11/h6-7,9,11,15H,1-5,8,10,19H2,(H,20,21). The summed E-state index contributed by atoms with van der Waals surface area (Å²) in [6.45, 7) is -0.0409. The molecule has 2 rings (SSSR count). The highest BCUT2D eigenvalue weighted by molar-refractivity contribution is 5.81. The van der Waals surface area contributed by atoms with Crippen molar-refractivity contribution in [2.24, 2.45) is 11.7 Å². The molecule has 0 aromatic heterocycles. The summed E-state index contributed by atoms with van der Waals surface area (Å²) in [5.74, 6) is -0.848. The van der Waals surface area contributed by atoms with Crippen LogP contribution in [-0.2, 0) is 11.3 Å². The number of benzene rings is 1. The van der Waals surface area contributed by atoms with Gasteiger partial charge in [0.05, 0.1) is 6.04 Å². The van der Waals surface area contributed by atoms with Crippen molar-refractivity contribution in [3.8, 4) is 0 Å². The van der Waals surface area contributed by atoms with Crippen molar-refractivity contribution in [2.45, 2.75) is 51.1 Å². The molecule has 3 nitrogen and oxygen atoms in total. The maximum atomic E-state index is 13.4. The first kappa shape index (κ1) is 15.9. The minimum absolute atomic E-state index is 0.0409. The number of halogens is 2. The lowest BCUT2D eigenvalue weighted by Gasteiger charge is -2.24. The van der Waals surface area contributed by atoms with Crippen LogP contribution in [0.5, 0.6) is 0 Å². The summed E-state index contributed by atoms with van der Waals surface area (Å²) >= 11 is 0. The van der Waals surface area contributed by atoms with E-state index in [0.717, 1.165) is 31.0 Å². The van der Waals surface area contributed by atoms with Gasteiger partial charge in [0.15, 0.2) is 0 Å². The Bertz CT molecular complexity index is 487. The van der Waals surface area contributed by atoms with Gasteiger partial charge < -0.3 is 11.1 Å². The van der Waals surface area contributed by atoms with E-state index in [1.165, 1.54) is 19.3 Å². The van der Waals surface area contributed by atoms with E-state index in [2.05, 4.69) is 5.32 Å². The molecule has 5 heteroatoms. The third kappa shape index (κ3) is 4.77. The molecule has 0 spiro atoms. The third-order valence-electron chi connectivity index (χ3n) is 4.11. The molecule has 0 heterocycles. The normalized spacial score (nSPS) is 17.5. The third-order valence-corrected chi connectivity index (χ3v) is 4.11. The molecule has 1 aliphatic carbocycles. The van der Waals surface area contributed by atoms with E-state index in [-0.39, 0.29) is 18.0 Å². The number of rotatable bonds is 5. The van der Waals surface area contributed by atoms with Crippen molar-refractivity contribution < 1.29 is 13.6 Å². The number of carbonyl (C=O) groups is 1. The van der Waals surface area contributed by atoms with Crippen LogP contribution in [0.2, 0.25) is 0 Å². The summed E-state index contributed by atoms with van der Waals surface area (Å²) in [5.41, 5.74) is 6.03. The molecule has 0 aliphatic heterocycles. The smallest absolute Gasteiger partial charge is 0.237 e. The Hall–Kier alpha value is -1.49. The lowest BCUT2D eigenvalue weighted by molar-refractivity contribution is -0.123. The molecule has 116 valence electrons. The lowest BCUT2D eigenvalue weighted by Crippen LogP contribution is -2.41. The van der Waals surface area contributed by atoms with E-state index in [1.807, 2.05) is 0 Å². The molecule has 1 fully saturated rings. The number of hydrogen-bond donors (Lipinski definition) is 2. The largest absolute Gasteiger partial charge is 0.351 e. The van der Waals surface area contributed by atoms with Crippen LogP contribution < -0.4 is 11.1 Å². The van der Waals surface area contributed by atoms with Crippen molar-refractivity contribution in [3.05, 3.63) is 35.4 Å². The SMILES string of the molecule is NC(CC1CCCCC1)C(=O)NCc1cc(F)ccc1F. The number of carbonyl (C=O) groups excluding carboxylic acids is 1. The second kappa shape index (κ2) is 7.50. The van der Waals surface area contributed by atoms with E-state index in [1.54, 1.807) is 0 Å². The van der Waals surface area contributed by atoms with Gasteiger partial charge in [0.2, 0.25) is 5.91 Å². The molecule has 0 bridgehead atoms. The summed E-state index contributed by atoms with van der Waals surface area (Å²) in [6.07, 6.45) is 6.58. The van der Waals surface area contributed by atoms with Crippen molar-refractivity contribution in [1.82, 2.24) is 5.32 Å². The minimum Gasteiger partial charge on any atom is -0.351 e. The molecule has 1 atom stereocenters. The molecule has 0 saturated heterocycles. The van der Waals surface area contributed by atoms with Gasteiger partial charge in [-0.25, -0.2) is 8.78 Å². The zero-order valence-corrected chi connectivity index (χ0v) is 12.1. The van der Waals surface area contributed by atoms with Crippen molar-refractivity contribution in [3.63, 3.8) is 0 Å². The molecular weight excluding hydrogens is 274 g/mol. The first-order valence-electron chi connectivity index (χ1n) is 7.53. The maximum Gasteiger partial charge on any atom is 0.237 e. The molecule has 0 radical (unpaired) electrons. The average Bonchev–Trinajstić information content (AvgIpc) is 2.49. The van der Waals surface area contributed by atoms with Gasteiger partial charge in [-0.05, 0) is 30.5 Å². The Morgan fingerprint density at radius 3 is 2.71 bits per heavy atom. The summed E-state index contributed by atoms with van der Waals surface area (Å²) < 4.78 is 26.5. The van der Waals surface area contributed by atoms with Crippen LogP contribution in [0.1, 0.15) is 44.1 Å². The Labute approximate surface area is 123 Å². The van der Waals surface area contributed by atoms with Gasteiger partial charge in [0, 0.05) is 12.1 Å². The van der Waals surface area contributed by atoms with Gasteiger partial charge in [-0.3, -0.25) is 4.79 Å². The number of nitrogens with one attached hydrogen (secondary N) is 1. The Morgan fingerprint density at radius 1 is 1.29 bits per heavy atom. The van der Waals surface area contributed by atoms with Crippen molar-refractivity contribution in [1.29, 1.82) is 0 Å². The van der Waals surface area contributed by atoms with E-state index in [0.29, 0.717) is 12.3 Å². The van der Waals surface area contributed by atoms with Crippen LogP contribution in [0.15, 0.2) is 18.2 Å². The van der Waals surface area contributed by atoms with Crippen molar-refractivity contribution in [2.75, 3.05) is 0 Å². The Morgan fingerprint density at radius 2 is 2.00 bits per heavy atom. The van der Waals surface area contributed by atoms with Gasteiger partial charge in [0.1, 0.15) is 11.6 Å². The summed E-state index contributed by atoms with van der Waals surface area (Å²) in [7, 11) is 0. The predicted octanol–water partition coefficient (Wildman–Crippen LogP) is 2.88. The molecule has 1 saturated carbocycles. The van der Waals surface area contributed by atoms with Gasteiger partial charge in [0.25, 0.3) is 0 Å². The van der Waals surface area contributed by atoms with E-state index in [9.17, 15) is 13.6 Å². The zero-order chi connectivity index (χ0) is 15.2. The highest BCUT2D eigenvalue weighted by Crippen LogP contribution is 2.26. The van der Waals surface area contributed by atoms with Crippen LogP contribution in [0.3, 0.4) is 0 Å². The predicted molar refractivity (Wildman–Crippen MR) is 77.4 cm³/mol. The number of hydrogen-bond acceptors (Lipinski definition) is 2. The van der Waals surface area contributed by atoms with Crippen LogP contribution in [-0.4, -0.2) is 11.9 Å². The molecule has 3 N–H and O–H groups in total. The quantitative estimate of drug-likeness (QED) is 0.878. The van der Waals surface area contributed by atoms with Gasteiger partial charge in [-0.15, -0.1) is 0 Å². The van der Waals surface area contributed by atoms with Crippen LogP contribution in [0, 0.1) is 17.6 Å². The Balaban J connectivity index is 1.81. The molecule has 1 aromatic carbocycles. The van der Waals surface area contributed by atoms with E-state index in [4.69, 9.17) is 5.73 Å². The summed E-state index contributed by atoms with van der Waals surface area (Å²) in [4.78, 5) is 11.9. The fourth-order valence-electron chi connectivity index (χ4n) is 2.88. The second-order valence-corrected chi connectivity index (χ2v) is 5.80. The molecule has 1 amide bonds. The molecule has 1 aliphatic rings. The van der Waals surface area contributed by atoms with Crippen molar-refractivity contribution >= 4 is 5.91 Å². The zero-order valence-electron chi connectivity index (χ0n) is 12.1. The Kier molecular flexibility index (Phi) is 5.67. The maximum absolute atomic E-state index is 13.4. The van der Waals surface area contributed by atoms with Gasteiger partial charge in [-0.2, -0.15) is 0 Å². The molecule has 1 unspecified atom stereocenters. The minimum atomic E-state index is -0.579. The average molecular weight is 296 g/mol. The highest BCUT2D eigenvalue weighted by atomic mass is 19.1. The van der Waals surface area contributed by atoms with Crippen LogP contribution in [0.25, 0.3) is 0 Å². The fraction of sp³-hybridized carbons (Fsp3) is 0.562. The topological polar surface area (TPSA) is 55.1 Å².